The summed E-state index contributed by atoms with van der Waals surface area (Å²) in [5.41, 5.74) is 6.07. The average Bonchev–Trinajstić information content (AvgIpc) is 2.94. The molecule has 3 nitrogen and oxygen atoms in total. The molecule has 0 aliphatic heterocycles. The van der Waals surface area contributed by atoms with Crippen molar-refractivity contribution < 1.29 is 9.23 Å². The fourth-order valence-corrected chi connectivity index (χ4v) is 3.85. The Morgan fingerprint density at radius 3 is 2.88 bits per heavy atom. The van der Waals surface area contributed by atoms with Crippen LogP contribution in [0, 0.1) is 5.82 Å². The first-order valence-electron chi connectivity index (χ1n) is 8.71. The van der Waals surface area contributed by atoms with Crippen LogP contribution in [-0.2, 0) is 24.2 Å². The van der Waals surface area contributed by atoms with Crippen molar-refractivity contribution in [2.45, 2.75) is 32.2 Å². The van der Waals surface area contributed by atoms with Crippen molar-refractivity contribution in [1.82, 2.24) is 4.57 Å². The Labute approximate surface area is 146 Å². The number of oxime groups is 1. The molecule has 0 spiro atoms. The van der Waals surface area contributed by atoms with Crippen molar-refractivity contribution in [3.05, 3.63) is 70.7 Å². The molecule has 3 aromatic rings. The van der Waals surface area contributed by atoms with Crippen LogP contribution in [0.3, 0.4) is 0 Å². The van der Waals surface area contributed by atoms with Gasteiger partial charge in [-0.05, 0) is 66.6 Å². The molecule has 25 heavy (non-hydrogen) atoms. The van der Waals surface area contributed by atoms with E-state index >= 15 is 0 Å². The topological polar surface area (TPSA) is 26.5 Å². The van der Waals surface area contributed by atoms with Gasteiger partial charge in [0, 0.05) is 23.1 Å². The number of aryl methyl sites for hydroxylation is 1. The lowest BCUT2D eigenvalue weighted by Gasteiger charge is -2.16. The molecule has 1 aliphatic carbocycles. The first kappa shape index (κ1) is 15.9. The zero-order valence-electron chi connectivity index (χ0n) is 14.3. The van der Waals surface area contributed by atoms with Crippen LogP contribution in [0.5, 0.6) is 0 Å². The third-order valence-corrected chi connectivity index (χ3v) is 4.94. The monoisotopic (exact) mass is 336 g/mol. The molecule has 4 rings (SSSR count). The van der Waals surface area contributed by atoms with Crippen molar-refractivity contribution in [1.29, 1.82) is 0 Å². The van der Waals surface area contributed by atoms with Crippen LogP contribution >= 0.6 is 0 Å². The smallest absolute Gasteiger partial charge is 0.123 e. The van der Waals surface area contributed by atoms with E-state index in [1.807, 2.05) is 6.07 Å². The van der Waals surface area contributed by atoms with Crippen molar-refractivity contribution >= 4 is 17.1 Å². The minimum Gasteiger partial charge on any atom is -0.399 e. The first-order valence-corrected chi connectivity index (χ1v) is 8.71. The normalized spacial score (nSPS) is 14.2. The largest absolute Gasteiger partial charge is 0.399 e. The lowest BCUT2D eigenvalue weighted by Crippen LogP contribution is -2.09. The molecule has 4 heteroatoms. The van der Waals surface area contributed by atoms with Crippen molar-refractivity contribution in [3.8, 4) is 0 Å². The summed E-state index contributed by atoms with van der Waals surface area (Å²) in [5, 5.41) is 5.16. The van der Waals surface area contributed by atoms with Crippen LogP contribution in [0.4, 0.5) is 4.39 Å². The standard InChI is InChI=1S/C21H21FN2O/c1-25-23-13-15-9-10-21-19(12-15)18-7-2-3-8-20(18)24(21)14-16-5-4-6-17(22)11-16/h4-6,9-13H,2-3,7-8,14H2,1H3. The van der Waals surface area contributed by atoms with Crippen LogP contribution in [0.1, 0.15) is 35.2 Å². The zero-order valence-corrected chi connectivity index (χ0v) is 14.3. The van der Waals surface area contributed by atoms with Gasteiger partial charge in [0.05, 0.1) is 6.21 Å². The summed E-state index contributed by atoms with van der Waals surface area (Å²) in [4.78, 5) is 4.79. The molecule has 2 aromatic carbocycles. The molecule has 0 bridgehead atoms. The number of fused-ring (bicyclic) bond motifs is 3. The van der Waals surface area contributed by atoms with Gasteiger partial charge in [0.25, 0.3) is 0 Å². The molecular weight excluding hydrogens is 315 g/mol. The molecule has 0 radical (unpaired) electrons. The zero-order chi connectivity index (χ0) is 17.2. The van der Waals surface area contributed by atoms with E-state index < -0.39 is 0 Å². The predicted octanol–water partition coefficient (Wildman–Crippen LogP) is 4.69. The molecule has 1 aliphatic rings. The van der Waals surface area contributed by atoms with E-state index in [1.54, 1.807) is 25.5 Å². The van der Waals surface area contributed by atoms with E-state index in [9.17, 15) is 4.39 Å². The summed E-state index contributed by atoms with van der Waals surface area (Å²) in [5.74, 6) is -0.180. The van der Waals surface area contributed by atoms with Gasteiger partial charge in [-0.25, -0.2) is 4.39 Å². The number of hydrogen-bond donors (Lipinski definition) is 0. The Morgan fingerprint density at radius 1 is 1.16 bits per heavy atom. The quantitative estimate of drug-likeness (QED) is 0.501. The molecule has 0 atom stereocenters. The van der Waals surface area contributed by atoms with Crippen molar-refractivity contribution in [2.24, 2.45) is 5.16 Å². The number of nitrogens with zero attached hydrogens (tertiary/aromatic N) is 2. The molecule has 0 fully saturated rings. The van der Waals surface area contributed by atoms with Crippen LogP contribution in [0.25, 0.3) is 10.9 Å². The van der Waals surface area contributed by atoms with Gasteiger partial charge in [-0.2, -0.15) is 0 Å². The Balaban J connectivity index is 1.84. The van der Waals surface area contributed by atoms with E-state index in [0.29, 0.717) is 6.54 Å². The third-order valence-electron chi connectivity index (χ3n) is 4.94. The van der Waals surface area contributed by atoms with Gasteiger partial charge in [0.1, 0.15) is 12.9 Å². The van der Waals surface area contributed by atoms with Crippen LogP contribution in [-0.4, -0.2) is 17.9 Å². The van der Waals surface area contributed by atoms with Gasteiger partial charge in [-0.3, -0.25) is 0 Å². The third kappa shape index (κ3) is 3.04. The summed E-state index contributed by atoms with van der Waals surface area (Å²) in [6, 6.07) is 13.3. The highest BCUT2D eigenvalue weighted by molar-refractivity contribution is 5.92. The Morgan fingerprint density at radius 2 is 2.04 bits per heavy atom. The maximum absolute atomic E-state index is 13.6. The number of rotatable bonds is 4. The number of benzene rings is 2. The number of hydrogen-bond acceptors (Lipinski definition) is 2. The van der Waals surface area contributed by atoms with Gasteiger partial charge >= 0.3 is 0 Å². The maximum atomic E-state index is 13.6. The van der Waals surface area contributed by atoms with E-state index in [1.165, 1.54) is 41.1 Å². The Bertz CT molecular complexity index is 942. The Hall–Kier alpha value is -2.62. The van der Waals surface area contributed by atoms with E-state index in [4.69, 9.17) is 4.84 Å². The molecular formula is C21H21FN2O. The maximum Gasteiger partial charge on any atom is 0.123 e. The van der Waals surface area contributed by atoms with E-state index in [0.717, 1.165) is 24.0 Å². The van der Waals surface area contributed by atoms with E-state index in [2.05, 4.69) is 27.9 Å². The fraction of sp³-hybridized carbons (Fsp3) is 0.286. The number of aromatic nitrogens is 1. The first-order chi connectivity index (χ1) is 12.3. The Kier molecular flexibility index (Phi) is 4.26. The summed E-state index contributed by atoms with van der Waals surface area (Å²) in [6.45, 7) is 0.703. The van der Waals surface area contributed by atoms with Gasteiger partial charge in [-0.15, -0.1) is 0 Å². The second-order valence-corrected chi connectivity index (χ2v) is 6.54. The summed E-state index contributed by atoms with van der Waals surface area (Å²) in [7, 11) is 1.55. The highest BCUT2D eigenvalue weighted by Crippen LogP contribution is 2.33. The minimum atomic E-state index is -0.180. The average molecular weight is 336 g/mol. The highest BCUT2D eigenvalue weighted by Gasteiger charge is 2.20. The molecule has 0 amide bonds. The molecule has 0 N–H and O–H groups in total. The molecule has 0 saturated heterocycles. The summed E-state index contributed by atoms with van der Waals surface area (Å²) in [6.07, 6.45) is 6.36. The van der Waals surface area contributed by atoms with Gasteiger partial charge in [0.2, 0.25) is 0 Å². The van der Waals surface area contributed by atoms with Gasteiger partial charge in [-0.1, -0.05) is 23.4 Å². The van der Waals surface area contributed by atoms with Crippen molar-refractivity contribution in [3.63, 3.8) is 0 Å². The molecule has 0 unspecified atom stereocenters. The van der Waals surface area contributed by atoms with Crippen LogP contribution in [0.2, 0.25) is 0 Å². The second kappa shape index (κ2) is 6.71. The fourth-order valence-electron chi connectivity index (χ4n) is 3.85. The second-order valence-electron chi connectivity index (χ2n) is 6.54. The van der Waals surface area contributed by atoms with E-state index in [-0.39, 0.29) is 5.82 Å². The van der Waals surface area contributed by atoms with Crippen LogP contribution < -0.4 is 0 Å². The SMILES string of the molecule is CON=Cc1ccc2c(c1)c1c(n2Cc2cccc(F)c2)CCCC1. The predicted molar refractivity (Wildman–Crippen MR) is 98.7 cm³/mol. The molecule has 128 valence electrons. The molecule has 0 saturated carbocycles. The summed E-state index contributed by atoms with van der Waals surface area (Å²) >= 11 is 0. The van der Waals surface area contributed by atoms with Crippen LogP contribution in [0.15, 0.2) is 47.6 Å². The lowest BCUT2D eigenvalue weighted by atomic mass is 9.95. The molecule has 1 aromatic heterocycles. The van der Waals surface area contributed by atoms with Gasteiger partial charge in [0.15, 0.2) is 0 Å². The summed E-state index contributed by atoms with van der Waals surface area (Å²) < 4.78 is 15.9. The lowest BCUT2D eigenvalue weighted by molar-refractivity contribution is 0.215. The minimum absolute atomic E-state index is 0.180. The number of halogens is 1. The van der Waals surface area contributed by atoms with Gasteiger partial charge < -0.3 is 9.40 Å². The van der Waals surface area contributed by atoms with Crippen molar-refractivity contribution in [2.75, 3.05) is 7.11 Å². The highest BCUT2D eigenvalue weighted by atomic mass is 19.1. The molecule has 1 heterocycles.